The second-order valence-electron chi connectivity index (χ2n) is 8.18. The smallest absolute Gasteiger partial charge is 0.338 e. The predicted octanol–water partition coefficient (Wildman–Crippen LogP) is 5.48. The minimum Gasteiger partial charge on any atom is -0.467 e. The molecule has 4 heteroatoms. The molecule has 4 nitrogen and oxygen atoms in total. The Hall–Kier alpha value is -3.40. The molecule has 31 heavy (non-hydrogen) atoms. The zero-order chi connectivity index (χ0) is 21.8. The molecule has 0 bridgehead atoms. The van der Waals surface area contributed by atoms with Gasteiger partial charge in [0.05, 0.1) is 7.11 Å². The van der Waals surface area contributed by atoms with Gasteiger partial charge in [0.2, 0.25) is 11.4 Å². The van der Waals surface area contributed by atoms with Crippen LogP contribution in [0.1, 0.15) is 48.1 Å². The second kappa shape index (κ2) is 8.76. The van der Waals surface area contributed by atoms with Crippen molar-refractivity contribution in [2.24, 2.45) is 4.99 Å². The van der Waals surface area contributed by atoms with E-state index in [-0.39, 0.29) is 0 Å². The highest BCUT2D eigenvalue weighted by molar-refractivity contribution is 5.99. The van der Waals surface area contributed by atoms with E-state index in [1.54, 1.807) is 0 Å². The molecule has 0 saturated heterocycles. The molecule has 0 aromatic heterocycles. The molecular formula is C27H27NO3. The number of rotatable bonds is 6. The molecule has 0 spiro atoms. The van der Waals surface area contributed by atoms with Gasteiger partial charge in [-0.1, -0.05) is 86.6 Å². The molecule has 0 fully saturated rings. The summed E-state index contributed by atoms with van der Waals surface area (Å²) >= 11 is 0. The number of esters is 1. The van der Waals surface area contributed by atoms with E-state index in [4.69, 9.17) is 14.5 Å². The molecule has 0 radical (unpaired) electrons. The van der Waals surface area contributed by atoms with E-state index in [0.717, 1.165) is 16.7 Å². The van der Waals surface area contributed by atoms with Crippen molar-refractivity contribution in [1.29, 1.82) is 0 Å². The number of carbonyl (C=O) groups excluding carboxylic acids is 1. The molecule has 158 valence electrons. The summed E-state index contributed by atoms with van der Waals surface area (Å²) < 4.78 is 11.6. The van der Waals surface area contributed by atoms with Gasteiger partial charge in [0.15, 0.2) is 6.10 Å². The molecule has 0 amide bonds. The van der Waals surface area contributed by atoms with Crippen molar-refractivity contribution in [3.8, 4) is 0 Å². The third-order valence-electron chi connectivity index (χ3n) is 5.75. The van der Waals surface area contributed by atoms with Gasteiger partial charge in [-0.3, -0.25) is 0 Å². The largest absolute Gasteiger partial charge is 0.467 e. The van der Waals surface area contributed by atoms with Crippen molar-refractivity contribution in [2.75, 3.05) is 7.11 Å². The molecule has 3 aromatic rings. The van der Waals surface area contributed by atoms with Crippen molar-refractivity contribution in [3.63, 3.8) is 0 Å². The molecule has 1 aliphatic heterocycles. The standard InChI is InChI=1S/C27H27NO3/c1-19(2)21-16-14-20(15-17-21)18-27(26(29)30-3)24(22-10-6-4-7-11-22)31-25(28-27)23-12-8-5-9-13-23/h4-17,19,24H,18H2,1-3H3/t24-,27-/m0/s1. The lowest BCUT2D eigenvalue weighted by Gasteiger charge is -2.29. The normalized spacial score (nSPS) is 20.3. The molecule has 1 heterocycles. The van der Waals surface area contributed by atoms with E-state index in [0.29, 0.717) is 18.2 Å². The Kier molecular flexibility index (Phi) is 5.90. The fraction of sp³-hybridized carbons (Fsp3) is 0.259. The van der Waals surface area contributed by atoms with Gasteiger partial charge in [0.25, 0.3) is 0 Å². The fourth-order valence-corrected chi connectivity index (χ4v) is 4.03. The van der Waals surface area contributed by atoms with Gasteiger partial charge < -0.3 is 9.47 Å². The van der Waals surface area contributed by atoms with Crippen LogP contribution in [0.5, 0.6) is 0 Å². The van der Waals surface area contributed by atoms with Crippen molar-refractivity contribution in [3.05, 3.63) is 107 Å². The van der Waals surface area contributed by atoms with Crippen molar-refractivity contribution in [2.45, 2.75) is 37.8 Å². The summed E-state index contributed by atoms with van der Waals surface area (Å²) in [4.78, 5) is 18.2. The number of methoxy groups -OCH3 is 1. The van der Waals surface area contributed by atoms with Crippen LogP contribution in [0.2, 0.25) is 0 Å². The highest BCUT2D eigenvalue weighted by Gasteiger charge is 2.54. The van der Waals surface area contributed by atoms with E-state index >= 15 is 0 Å². The van der Waals surface area contributed by atoms with Gasteiger partial charge in [-0.05, 0) is 34.7 Å². The monoisotopic (exact) mass is 413 g/mol. The summed E-state index contributed by atoms with van der Waals surface area (Å²) in [5.74, 6) is 0.497. The van der Waals surface area contributed by atoms with Crippen molar-refractivity contribution in [1.82, 2.24) is 0 Å². The van der Waals surface area contributed by atoms with Crippen molar-refractivity contribution < 1.29 is 14.3 Å². The average molecular weight is 414 g/mol. The summed E-state index contributed by atoms with van der Waals surface area (Å²) in [6, 6.07) is 27.8. The fourth-order valence-electron chi connectivity index (χ4n) is 4.03. The number of hydrogen-bond donors (Lipinski definition) is 0. The maximum Gasteiger partial charge on any atom is 0.338 e. The quantitative estimate of drug-likeness (QED) is 0.503. The van der Waals surface area contributed by atoms with Gasteiger partial charge in [-0.2, -0.15) is 0 Å². The van der Waals surface area contributed by atoms with Crippen LogP contribution in [-0.2, 0) is 20.7 Å². The molecular weight excluding hydrogens is 386 g/mol. The average Bonchev–Trinajstić information content (AvgIpc) is 3.20. The van der Waals surface area contributed by atoms with Crippen LogP contribution in [0.25, 0.3) is 0 Å². The summed E-state index contributed by atoms with van der Waals surface area (Å²) in [6.07, 6.45) is -0.199. The van der Waals surface area contributed by atoms with Gasteiger partial charge in [0.1, 0.15) is 0 Å². The maximum absolute atomic E-state index is 13.3. The summed E-state index contributed by atoms with van der Waals surface area (Å²) in [6.45, 7) is 4.33. The molecule has 0 unspecified atom stereocenters. The Bertz CT molecular complexity index is 1060. The van der Waals surface area contributed by atoms with Gasteiger partial charge >= 0.3 is 5.97 Å². The lowest BCUT2D eigenvalue weighted by Crippen LogP contribution is -2.44. The minimum atomic E-state index is -1.21. The molecule has 0 saturated carbocycles. The van der Waals surface area contributed by atoms with E-state index in [1.165, 1.54) is 12.7 Å². The van der Waals surface area contributed by atoms with Crippen LogP contribution in [0.4, 0.5) is 0 Å². The van der Waals surface area contributed by atoms with Gasteiger partial charge in [-0.25, -0.2) is 9.79 Å². The van der Waals surface area contributed by atoms with Gasteiger partial charge in [-0.15, -0.1) is 0 Å². The molecule has 0 N–H and O–H groups in total. The van der Waals surface area contributed by atoms with Crippen LogP contribution < -0.4 is 0 Å². The molecule has 1 aliphatic rings. The van der Waals surface area contributed by atoms with E-state index in [2.05, 4.69) is 38.1 Å². The first kappa shape index (κ1) is 20.9. The highest BCUT2D eigenvalue weighted by atomic mass is 16.5. The van der Waals surface area contributed by atoms with Crippen LogP contribution >= 0.6 is 0 Å². The first-order chi connectivity index (χ1) is 15.0. The zero-order valence-corrected chi connectivity index (χ0v) is 18.1. The van der Waals surface area contributed by atoms with Crippen LogP contribution in [0.15, 0.2) is 89.9 Å². The Morgan fingerprint density at radius 3 is 2.16 bits per heavy atom. The number of nitrogens with zero attached hydrogens (tertiary/aromatic N) is 1. The van der Waals surface area contributed by atoms with Gasteiger partial charge in [0, 0.05) is 12.0 Å². The Morgan fingerprint density at radius 1 is 0.968 bits per heavy atom. The summed E-state index contributed by atoms with van der Waals surface area (Å²) in [5.41, 5.74) is 2.79. The van der Waals surface area contributed by atoms with E-state index in [1.807, 2.05) is 60.7 Å². The SMILES string of the molecule is COC(=O)[C@@]1(Cc2ccc(C(C)C)cc2)N=C(c2ccccc2)O[C@H]1c1ccccc1. The molecule has 3 aromatic carbocycles. The maximum atomic E-state index is 13.3. The second-order valence-corrected chi connectivity index (χ2v) is 8.18. The van der Waals surface area contributed by atoms with Crippen LogP contribution in [-0.4, -0.2) is 24.5 Å². The number of carbonyl (C=O) groups is 1. The highest BCUT2D eigenvalue weighted by Crippen LogP contribution is 2.43. The first-order valence-corrected chi connectivity index (χ1v) is 10.6. The molecule has 2 atom stereocenters. The lowest BCUT2D eigenvalue weighted by atomic mass is 9.82. The number of hydrogen-bond acceptors (Lipinski definition) is 4. The summed E-state index contributed by atoms with van der Waals surface area (Å²) in [5, 5.41) is 0. The molecule has 0 aliphatic carbocycles. The third-order valence-corrected chi connectivity index (χ3v) is 5.75. The van der Waals surface area contributed by atoms with E-state index in [9.17, 15) is 4.79 Å². The zero-order valence-electron chi connectivity index (χ0n) is 18.1. The first-order valence-electron chi connectivity index (χ1n) is 10.6. The number of aliphatic imine (C=N–C) groups is 1. The third kappa shape index (κ3) is 4.11. The van der Waals surface area contributed by atoms with Crippen LogP contribution in [0.3, 0.4) is 0 Å². The molecule has 4 rings (SSSR count). The Balaban J connectivity index is 1.81. The topological polar surface area (TPSA) is 47.9 Å². The lowest BCUT2D eigenvalue weighted by molar-refractivity contribution is -0.149. The van der Waals surface area contributed by atoms with Crippen molar-refractivity contribution >= 4 is 11.9 Å². The predicted molar refractivity (Wildman–Crippen MR) is 122 cm³/mol. The number of benzene rings is 3. The minimum absolute atomic E-state index is 0.383. The number of ether oxygens (including phenoxy) is 2. The van der Waals surface area contributed by atoms with Crippen LogP contribution in [0, 0.1) is 0 Å². The Labute approximate surface area is 183 Å². The van der Waals surface area contributed by atoms with E-state index < -0.39 is 17.6 Å². The summed E-state index contributed by atoms with van der Waals surface area (Å²) in [7, 11) is 1.41. The Morgan fingerprint density at radius 2 is 1.58 bits per heavy atom.